The van der Waals surface area contributed by atoms with Crippen molar-refractivity contribution >= 4 is 0 Å². The first kappa shape index (κ1) is 14.5. The van der Waals surface area contributed by atoms with Crippen LogP contribution in [0.1, 0.15) is 31.0 Å². The highest BCUT2D eigenvalue weighted by Crippen LogP contribution is 2.20. The van der Waals surface area contributed by atoms with Crippen molar-refractivity contribution in [1.29, 1.82) is 0 Å². The van der Waals surface area contributed by atoms with Crippen molar-refractivity contribution in [2.24, 2.45) is 5.73 Å². The van der Waals surface area contributed by atoms with Crippen molar-refractivity contribution < 1.29 is 0 Å². The summed E-state index contributed by atoms with van der Waals surface area (Å²) in [4.78, 5) is 4.89. The van der Waals surface area contributed by atoms with E-state index in [0.29, 0.717) is 6.04 Å². The van der Waals surface area contributed by atoms with E-state index < -0.39 is 0 Å². The number of piperazine rings is 1. The number of benzene rings is 1. The number of nitrogens with zero attached hydrogens (tertiary/aromatic N) is 2. The molecule has 0 spiro atoms. The predicted octanol–water partition coefficient (Wildman–Crippen LogP) is 1.88. The highest BCUT2D eigenvalue weighted by Gasteiger charge is 2.24. The SMILES string of the molecule is CCc1ccc(C(N)C(C)N2CCN(C)CC2)cc1. The smallest absolute Gasteiger partial charge is 0.0450 e. The Morgan fingerprint density at radius 2 is 1.68 bits per heavy atom. The molecule has 1 fully saturated rings. The summed E-state index contributed by atoms with van der Waals surface area (Å²) in [5, 5.41) is 0. The molecular formula is C16H27N3. The van der Waals surface area contributed by atoms with Gasteiger partial charge in [0.25, 0.3) is 0 Å². The van der Waals surface area contributed by atoms with Crippen molar-refractivity contribution in [2.75, 3.05) is 33.2 Å². The van der Waals surface area contributed by atoms with Crippen LogP contribution < -0.4 is 5.73 Å². The molecule has 0 saturated carbocycles. The molecule has 3 heteroatoms. The van der Waals surface area contributed by atoms with Gasteiger partial charge in [-0.25, -0.2) is 0 Å². The van der Waals surface area contributed by atoms with Gasteiger partial charge in [0, 0.05) is 38.3 Å². The van der Waals surface area contributed by atoms with E-state index in [4.69, 9.17) is 5.73 Å². The molecule has 1 aromatic rings. The Morgan fingerprint density at radius 1 is 1.11 bits per heavy atom. The maximum absolute atomic E-state index is 6.44. The average Bonchev–Trinajstić information content (AvgIpc) is 2.46. The van der Waals surface area contributed by atoms with Crippen molar-refractivity contribution in [3.63, 3.8) is 0 Å². The van der Waals surface area contributed by atoms with Gasteiger partial charge in [-0.1, -0.05) is 31.2 Å². The molecule has 106 valence electrons. The monoisotopic (exact) mass is 261 g/mol. The highest BCUT2D eigenvalue weighted by molar-refractivity contribution is 5.25. The molecule has 2 rings (SSSR count). The van der Waals surface area contributed by atoms with Crippen LogP contribution in [0.3, 0.4) is 0 Å². The summed E-state index contributed by atoms with van der Waals surface area (Å²) in [5.74, 6) is 0. The fourth-order valence-electron chi connectivity index (χ4n) is 2.71. The van der Waals surface area contributed by atoms with Crippen molar-refractivity contribution in [3.8, 4) is 0 Å². The molecule has 1 aromatic carbocycles. The molecule has 3 nitrogen and oxygen atoms in total. The quantitative estimate of drug-likeness (QED) is 0.898. The van der Waals surface area contributed by atoms with E-state index in [1.165, 1.54) is 11.1 Å². The minimum atomic E-state index is 0.106. The third kappa shape index (κ3) is 3.56. The topological polar surface area (TPSA) is 32.5 Å². The second-order valence-corrected chi connectivity index (χ2v) is 5.70. The number of hydrogen-bond acceptors (Lipinski definition) is 3. The highest BCUT2D eigenvalue weighted by atomic mass is 15.3. The first-order valence-electron chi connectivity index (χ1n) is 7.39. The summed E-state index contributed by atoms with van der Waals surface area (Å²) < 4.78 is 0. The summed E-state index contributed by atoms with van der Waals surface area (Å²) in [7, 11) is 2.19. The van der Waals surface area contributed by atoms with Gasteiger partial charge < -0.3 is 10.6 Å². The minimum Gasteiger partial charge on any atom is -0.323 e. The van der Waals surface area contributed by atoms with Crippen LogP contribution in [0.2, 0.25) is 0 Å². The zero-order valence-corrected chi connectivity index (χ0v) is 12.5. The molecule has 2 N–H and O–H groups in total. The van der Waals surface area contributed by atoms with Crippen LogP contribution in [-0.2, 0) is 6.42 Å². The van der Waals surface area contributed by atoms with E-state index in [9.17, 15) is 0 Å². The maximum atomic E-state index is 6.44. The molecule has 0 radical (unpaired) electrons. The third-order valence-corrected chi connectivity index (χ3v) is 4.41. The normalized spacial score (nSPS) is 21.3. The van der Waals surface area contributed by atoms with Crippen LogP contribution >= 0.6 is 0 Å². The minimum absolute atomic E-state index is 0.106. The number of nitrogens with two attached hydrogens (primary N) is 1. The van der Waals surface area contributed by atoms with Crippen molar-refractivity contribution in [1.82, 2.24) is 9.80 Å². The van der Waals surface area contributed by atoms with Gasteiger partial charge in [0.1, 0.15) is 0 Å². The Labute approximate surface area is 117 Å². The first-order chi connectivity index (χ1) is 9.11. The van der Waals surface area contributed by atoms with Crippen LogP contribution in [0.4, 0.5) is 0 Å². The van der Waals surface area contributed by atoms with Crippen molar-refractivity contribution in [2.45, 2.75) is 32.4 Å². The number of hydrogen-bond donors (Lipinski definition) is 1. The van der Waals surface area contributed by atoms with Gasteiger partial charge in [0.05, 0.1) is 0 Å². The Morgan fingerprint density at radius 3 is 2.21 bits per heavy atom. The molecule has 0 aliphatic carbocycles. The van der Waals surface area contributed by atoms with E-state index in [-0.39, 0.29) is 6.04 Å². The van der Waals surface area contributed by atoms with Gasteiger partial charge in [0.2, 0.25) is 0 Å². The van der Waals surface area contributed by atoms with Crippen LogP contribution in [0, 0.1) is 0 Å². The van der Waals surface area contributed by atoms with E-state index in [0.717, 1.165) is 32.6 Å². The Balaban J connectivity index is 1.99. The molecule has 1 aliphatic heterocycles. The third-order valence-electron chi connectivity index (χ3n) is 4.41. The van der Waals surface area contributed by atoms with Crippen LogP contribution in [0.25, 0.3) is 0 Å². The molecule has 0 aromatic heterocycles. The number of aryl methyl sites for hydroxylation is 1. The number of likely N-dealkylation sites (N-methyl/N-ethyl adjacent to an activating group) is 1. The van der Waals surface area contributed by atoms with E-state index >= 15 is 0 Å². The van der Waals surface area contributed by atoms with Gasteiger partial charge in [-0.15, -0.1) is 0 Å². The Bertz CT molecular complexity index is 379. The lowest BCUT2D eigenvalue weighted by Crippen LogP contribution is -2.51. The van der Waals surface area contributed by atoms with Gasteiger partial charge >= 0.3 is 0 Å². The van der Waals surface area contributed by atoms with E-state index in [2.05, 4.69) is 55.0 Å². The fraction of sp³-hybridized carbons (Fsp3) is 0.625. The lowest BCUT2D eigenvalue weighted by atomic mass is 9.98. The fourth-order valence-corrected chi connectivity index (χ4v) is 2.71. The van der Waals surface area contributed by atoms with Crippen LogP contribution in [0.5, 0.6) is 0 Å². The van der Waals surface area contributed by atoms with E-state index in [1.807, 2.05) is 0 Å². The Hall–Kier alpha value is -0.900. The van der Waals surface area contributed by atoms with E-state index in [1.54, 1.807) is 0 Å². The summed E-state index contributed by atoms with van der Waals surface area (Å²) >= 11 is 0. The second kappa shape index (κ2) is 6.51. The molecule has 1 saturated heterocycles. The van der Waals surface area contributed by atoms with Gasteiger partial charge in [-0.3, -0.25) is 4.90 Å². The molecule has 19 heavy (non-hydrogen) atoms. The molecule has 1 heterocycles. The molecule has 2 unspecified atom stereocenters. The lowest BCUT2D eigenvalue weighted by molar-refractivity contribution is 0.106. The molecule has 2 atom stereocenters. The zero-order valence-electron chi connectivity index (χ0n) is 12.5. The number of rotatable bonds is 4. The Kier molecular flexibility index (Phi) is 4.97. The zero-order chi connectivity index (χ0) is 13.8. The lowest BCUT2D eigenvalue weighted by Gasteiger charge is -2.38. The summed E-state index contributed by atoms with van der Waals surface area (Å²) in [6.45, 7) is 8.97. The molecule has 0 amide bonds. The largest absolute Gasteiger partial charge is 0.323 e. The van der Waals surface area contributed by atoms with Crippen LogP contribution in [-0.4, -0.2) is 49.1 Å². The second-order valence-electron chi connectivity index (χ2n) is 5.70. The molecular weight excluding hydrogens is 234 g/mol. The summed E-state index contributed by atoms with van der Waals surface area (Å²) in [6, 6.07) is 9.29. The molecule has 1 aliphatic rings. The molecule has 0 bridgehead atoms. The first-order valence-corrected chi connectivity index (χ1v) is 7.39. The predicted molar refractivity (Wildman–Crippen MR) is 81.3 cm³/mol. The average molecular weight is 261 g/mol. The maximum Gasteiger partial charge on any atom is 0.0450 e. The van der Waals surface area contributed by atoms with Crippen LogP contribution in [0.15, 0.2) is 24.3 Å². The summed E-state index contributed by atoms with van der Waals surface area (Å²) in [5.41, 5.74) is 9.07. The van der Waals surface area contributed by atoms with Gasteiger partial charge in [0.15, 0.2) is 0 Å². The van der Waals surface area contributed by atoms with Gasteiger partial charge in [-0.2, -0.15) is 0 Å². The van der Waals surface area contributed by atoms with Gasteiger partial charge in [-0.05, 0) is 31.5 Å². The standard InChI is InChI=1S/C16H27N3/c1-4-14-5-7-15(8-6-14)16(17)13(2)19-11-9-18(3)10-12-19/h5-8,13,16H,4,9-12,17H2,1-3H3. The van der Waals surface area contributed by atoms with Crippen molar-refractivity contribution in [3.05, 3.63) is 35.4 Å². The summed E-state index contributed by atoms with van der Waals surface area (Å²) in [6.07, 6.45) is 1.09.